The zero-order valence-electron chi connectivity index (χ0n) is 15.8. The van der Waals surface area contributed by atoms with Gasteiger partial charge in [-0.3, -0.25) is 9.59 Å². The molecule has 0 aromatic rings. The zero-order chi connectivity index (χ0) is 17.5. The van der Waals surface area contributed by atoms with Gasteiger partial charge in [0, 0.05) is 26.5 Å². The van der Waals surface area contributed by atoms with Crippen molar-refractivity contribution in [1.82, 2.24) is 10.2 Å². The Morgan fingerprint density at radius 3 is 2.00 bits per heavy atom. The molecule has 23 heavy (non-hydrogen) atoms. The average molecular weight is 329 g/mol. The average Bonchev–Trinajstić information content (AvgIpc) is 2.64. The summed E-state index contributed by atoms with van der Waals surface area (Å²) in [6.07, 6.45) is 11.2. The molecule has 2 fully saturated rings. The number of hydrogen-bond donors (Lipinski definition) is 1. The third kappa shape index (κ3) is 9.62. The second kappa shape index (κ2) is 14.5. The van der Waals surface area contributed by atoms with E-state index >= 15 is 0 Å². The highest BCUT2D eigenvalue weighted by Crippen LogP contribution is 2.20. The van der Waals surface area contributed by atoms with Gasteiger partial charge >= 0.3 is 0 Å². The number of carbonyl (C=O) groups excluding carboxylic acids is 2. The van der Waals surface area contributed by atoms with Crippen LogP contribution in [0, 0.1) is 5.92 Å². The standard InChI is InChI=1S/C13H22N2O2.C4H10.C2H6.H2/c16-10-15-8-6-11(7-9-15)13(17)14-12-4-2-1-3-5-12;1-3-4-2;1-2;/h10-12H,1-9H2,(H,14,17);3-4H2,1-2H3;1-2H3;1H. The molecule has 1 heterocycles. The van der Waals surface area contributed by atoms with Crippen molar-refractivity contribution < 1.29 is 11.0 Å². The normalized spacial score (nSPS) is 18.9. The number of unbranched alkanes of at least 4 members (excludes halogenated alkanes) is 1. The van der Waals surface area contributed by atoms with Crippen molar-refractivity contribution in [2.45, 2.75) is 91.5 Å². The van der Waals surface area contributed by atoms with Crippen LogP contribution < -0.4 is 5.32 Å². The van der Waals surface area contributed by atoms with Crippen LogP contribution in [0.1, 0.15) is 86.9 Å². The lowest BCUT2D eigenvalue weighted by Gasteiger charge is -2.30. The summed E-state index contributed by atoms with van der Waals surface area (Å²) in [5.74, 6) is 0.329. The topological polar surface area (TPSA) is 49.4 Å². The first-order chi connectivity index (χ1) is 11.2. The fraction of sp³-hybridized carbons (Fsp3) is 0.895. The van der Waals surface area contributed by atoms with E-state index in [9.17, 15) is 9.59 Å². The van der Waals surface area contributed by atoms with E-state index in [0.717, 1.165) is 45.2 Å². The maximum Gasteiger partial charge on any atom is 0.223 e. The third-order valence-corrected chi connectivity index (χ3v) is 4.50. The highest BCUT2D eigenvalue weighted by Gasteiger charge is 2.26. The lowest BCUT2D eigenvalue weighted by atomic mass is 9.92. The summed E-state index contributed by atoms with van der Waals surface area (Å²) in [6, 6.07) is 0.403. The van der Waals surface area contributed by atoms with Gasteiger partial charge in [-0.15, -0.1) is 0 Å². The van der Waals surface area contributed by atoms with Crippen molar-refractivity contribution in [3.8, 4) is 0 Å². The largest absolute Gasteiger partial charge is 0.353 e. The van der Waals surface area contributed by atoms with Crippen molar-refractivity contribution in [3.63, 3.8) is 0 Å². The van der Waals surface area contributed by atoms with Crippen LogP contribution in [-0.4, -0.2) is 36.3 Å². The molecule has 0 radical (unpaired) electrons. The summed E-state index contributed by atoms with van der Waals surface area (Å²) in [4.78, 5) is 24.4. The summed E-state index contributed by atoms with van der Waals surface area (Å²) in [7, 11) is 0. The minimum absolute atomic E-state index is 0. The Bertz CT molecular complexity index is 298. The molecule has 2 amide bonds. The van der Waals surface area contributed by atoms with Crippen LogP contribution in [0.3, 0.4) is 0 Å². The number of carbonyl (C=O) groups is 2. The lowest BCUT2D eigenvalue weighted by Crippen LogP contribution is -2.44. The van der Waals surface area contributed by atoms with Gasteiger partial charge in [0.25, 0.3) is 0 Å². The van der Waals surface area contributed by atoms with Gasteiger partial charge in [0.1, 0.15) is 0 Å². The molecule has 1 N–H and O–H groups in total. The van der Waals surface area contributed by atoms with Gasteiger partial charge in [-0.05, 0) is 25.7 Å². The molecule has 0 unspecified atom stereocenters. The molecule has 1 saturated carbocycles. The molecule has 2 rings (SSSR count). The maximum absolute atomic E-state index is 12.0. The van der Waals surface area contributed by atoms with Crippen LogP contribution in [0.2, 0.25) is 0 Å². The number of amides is 2. The molecule has 1 saturated heterocycles. The van der Waals surface area contributed by atoms with Crippen LogP contribution in [0.15, 0.2) is 0 Å². The molecule has 1 aliphatic heterocycles. The second-order valence-electron chi connectivity index (χ2n) is 6.26. The highest BCUT2D eigenvalue weighted by molar-refractivity contribution is 5.79. The van der Waals surface area contributed by atoms with Gasteiger partial charge in [0.15, 0.2) is 0 Å². The summed E-state index contributed by atoms with van der Waals surface area (Å²) in [5, 5.41) is 3.18. The minimum Gasteiger partial charge on any atom is -0.353 e. The molecule has 4 heteroatoms. The summed E-state index contributed by atoms with van der Waals surface area (Å²) in [6.45, 7) is 9.82. The molecule has 1 aliphatic carbocycles. The minimum atomic E-state index is 0. The summed E-state index contributed by atoms with van der Waals surface area (Å²) in [5.41, 5.74) is 0. The van der Waals surface area contributed by atoms with Crippen LogP contribution in [0.5, 0.6) is 0 Å². The molecular formula is C19H40N2O2. The lowest BCUT2D eigenvalue weighted by molar-refractivity contribution is -0.129. The van der Waals surface area contributed by atoms with E-state index in [-0.39, 0.29) is 13.3 Å². The van der Waals surface area contributed by atoms with Crippen molar-refractivity contribution in [2.75, 3.05) is 13.1 Å². The molecule has 0 spiro atoms. The predicted molar refractivity (Wildman–Crippen MR) is 99.4 cm³/mol. The molecular weight excluding hydrogens is 288 g/mol. The molecule has 0 aromatic heterocycles. The third-order valence-electron chi connectivity index (χ3n) is 4.50. The number of hydrogen-bond acceptors (Lipinski definition) is 2. The zero-order valence-corrected chi connectivity index (χ0v) is 15.8. The molecule has 4 nitrogen and oxygen atoms in total. The number of nitrogens with one attached hydrogen (secondary N) is 1. The van der Waals surface area contributed by atoms with Crippen molar-refractivity contribution in [1.29, 1.82) is 0 Å². The molecule has 0 bridgehead atoms. The summed E-state index contributed by atoms with van der Waals surface area (Å²) < 4.78 is 0. The fourth-order valence-corrected chi connectivity index (χ4v) is 2.83. The van der Waals surface area contributed by atoms with Gasteiger partial charge in [0.2, 0.25) is 12.3 Å². The van der Waals surface area contributed by atoms with E-state index in [2.05, 4.69) is 19.2 Å². The first-order valence-corrected chi connectivity index (χ1v) is 9.71. The predicted octanol–water partition coefficient (Wildman–Crippen LogP) is 4.38. The van der Waals surface area contributed by atoms with E-state index < -0.39 is 0 Å². The smallest absolute Gasteiger partial charge is 0.223 e. The van der Waals surface area contributed by atoms with Gasteiger partial charge < -0.3 is 10.2 Å². The Hall–Kier alpha value is -1.06. The maximum atomic E-state index is 12.0. The molecule has 0 atom stereocenters. The highest BCUT2D eigenvalue weighted by atomic mass is 16.2. The number of piperidine rings is 1. The van der Waals surface area contributed by atoms with Crippen molar-refractivity contribution in [2.24, 2.45) is 5.92 Å². The number of rotatable bonds is 4. The van der Waals surface area contributed by atoms with Crippen LogP contribution in [0.25, 0.3) is 0 Å². The SMILES string of the molecule is CC.CCCC.O=CN1CCC(C(=O)NC2CCCCC2)CC1.[HH]. The second-order valence-corrected chi connectivity index (χ2v) is 6.26. The van der Waals surface area contributed by atoms with E-state index in [1.165, 1.54) is 32.1 Å². The Morgan fingerprint density at radius 2 is 1.57 bits per heavy atom. The van der Waals surface area contributed by atoms with Gasteiger partial charge in [-0.25, -0.2) is 0 Å². The first kappa shape index (κ1) is 21.9. The Kier molecular flexibility index (Phi) is 13.9. The van der Waals surface area contributed by atoms with Crippen LogP contribution in [0.4, 0.5) is 0 Å². The van der Waals surface area contributed by atoms with Gasteiger partial charge in [-0.2, -0.15) is 0 Å². The van der Waals surface area contributed by atoms with E-state index in [0.29, 0.717) is 6.04 Å². The van der Waals surface area contributed by atoms with E-state index in [1.807, 2.05) is 13.8 Å². The summed E-state index contributed by atoms with van der Waals surface area (Å²) >= 11 is 0. The number of nitrogens with zero attached hydrogens (tertiary/aromatic N) is 1. The fourth-order valence-electron chi connectivity index (χ4n) is 2.83. The number of likely N-dealkylation sites (tertiary alicyclic amines) is 1. The van der Waals surface area contributed by atoms with Gasteiger partial charge in [-0.1, -0.05) is 59.8 Å². The van der Waals surface area contributed by atoms with E-state index in [1.54, 1.807) is 4.90 Å². The quantitative estimate of drug-likeness (QED) is 0.778. The van der Waals surface area contributed by atoms with Crippen LogP contribution in [-0.2, 0) is 9.59 Å². The Labute approximate surface area is 144 Å². The van der Waals surface area contributed by atoms with Crippen LogP contribution >= 0.6 is 0 Å². The van der Waals surface area contributed by atoms with Gasteiger partial charge in [0.05, 0.1) is 0 Å². The monoisotopic (exact) mass is 328 g/mol. The molecule has 2 aliphatic rings. The van der Waals surface area contributed by atoms with Crippen molar-refractivity contribution >= 4 is 12.3 Å². The van der Waals surface area contributed by atoms with Crippen molar-refractivity contribution in [3.05, 3.63) is 0 Å². The first-order valence-electron chi connectivity index (χ1n) is 9.71. The Balaban J connectivity index is 0. The Morgan fingerprint density at radius 1 is 1.04 bits per heavy atom. The van der Waals surface area contributed by atoms with E-state index in [4.69, 9.17) is 0 Å². The molecule has 0 aromatic carbocycles. The molecule has 138 valence electrons.